The van der Waals surface area contributed by atoms with Gasteiger partial charge in [0, 0.05) is 29.1 Å². The first-order valence-corrected chi connectivity index (χ1v) is 10.3. The molecule has 1 fully saturated rings. The van der Waals surface area contributed by atoms with E-state index in [0.717, 1.165) is 30.9 Å². The smallest absolute Gasteiger partial charge is 0.407 e. The van der Waals surface area contributed by atoms with Gasteiger partial charge in [0.05, 0.1) is 5.54 Å². The highest BCUT2D eigenvalue weighted by atomic mass is 32.1. The van der Waals surface area contributed by atoms with Crippen LogP contribution in [0.15, 0.2) is 17.5 Å². The van der Waals surface area contributed by atoms with E-state index >= 15 is 0 Å². The minimum Gasteiger partial charge on any atom is -0.446 e. The SMILES string of the molecule is CC(C)NC(=O)OC1CCC(c2cc(Nc3ccsn3)nn2C(C)(C)C)C1. The second kappa shape index (κ2) is 7.88. The summed E-state index contributed by atoms with van der Waals surface area (Å²) in [7, 11) is 0. The third kappa shape index (κ3) is 5.00. The molecule has 0 spiro atoms. The van der Waals surface area contributed by atoms with Gasteiger partial charge >= 0.3 is 6.09 Å². The molecular formula is C19H29N5O2S. The van der Waals surface area contributed by atoms with Crippen LogP contribution in [0.25, 0.3) is 0 Å². The van der Waals surface area contributed by atoms with Crippen LogP contribution in [0.3, 0.4) is 0 Å². The molecule has 8 heteroatoms. The molecule has 2 unspecified atom stereocenters. The number of amides is 1. The number of alkyl carbamates (subject to hydrolysis) is 1. The quantitative estimate of drug-likeness (QED) is 0.778. The van der Waals surface area contributed by atoms with Crippen molar-refractivity contribution in [2.75, 3.05) is 5.32 Å². The topological polar surface area (TPSA) is 81.1 Å². The van der Waals surface area contributed by atoms with Crippen LogP contribution in [0.1, 0.15) is 65.5 Å². The molecule has 27 heavy (non-hydrogen) atoms. The molecule has 2 aromatic rings. The Kier molecular flexibility index (Phi) is 5.74. The molecule has 2 aromatic heterocycles. The molecule has 0 bridgehead atoms. The average Bonchev–Trinajstić information content (AvgIpc) is 3.26. The molecule has 1 aliphatic rings. The van der Waals surface area contributed by atoms with Gasteiger partial charge in [-0.2, -0.15) is 9.47 Å². The van der Waals surface area contributed by atoms with Gasteiger partial charge in [-0.3, -0.25) is 4.68 Å². The molecule has 1 aliphatic carbocycles. The molecule has 2 atom stereocenters. The molecule has 2 N–H and O–H groups in total. The number of hydrogen-bond acceptors (Lipinski definition) is 6. The second-order valence-corrected chi connectivity index (χ2v) is 9.05. The van der Waals surface area contributed by atoms with Crippen molar-refractivity contribution < 1.29 is 9.53 Å². The summed E-state index contributed by atoms with van der Waals surface area (Å²) < 4.78 is 12.0. The Labute approximate surface area is 164 Å². The number of rotatable bonds is 5. The van der Waals surface area contributed by atoms with E-state index in [1.165, 1.54) is 17.2 Å². The predicted octanol–water partition coefficient (Wildman–Crippen LogP) is 4.61. The summed E-state index contributed by atoms with van der Waals surface area (Å²) in [5.74, 6) is 1.93. The highest BCUT2D eigenvalue weighted by Crippen LogP contribution is 2.39. The molecular weight excluding hydrogens is 362 g/mol. The van der Waals surface area contributed by atoms with E-state index < -0.39 is 0 Å². The van der Waals surface area contributed by atoms with Crippen LogP contribution < -0.4 is 10.6 Å². The fourth-order valence-corrected chi connectivity index (χ4v) is 3.90. The number of nitrogens with one attached hydrogen (secondary N) is 2. The first-order valence-electron chi connectivity index (χ1n) is 9.47. The van der Waals surface area contributed by atoms with Crippen molar-refractivity contribution in [2.45, 2.75) is 77.5 Å². The highest BCUT2D eigenvalue weighted by molar-refractivity contribution is 7.03. The Balaban J connectivity index is 1.73. The maximum Gasteiger partial charge on any atom is 0.407 e. The predicted molar refractivity (Wildman–Crippen MR) is 108 cm³/mol. The van der Waals surface area contributed by atoms with Crippen molar-refractivity contribution in [2.24, 2.45) is 0 Å². The van der Waals surface area contributed by atoms with Crippen LogP contribution in [0.5, 0.6) is 0 Å². The first-order chi connectivity index (χ1) is 12.7. The lowest BCUT2D eigenvalue weighted by molar-refractivity contribution is 0.0979. The minimum atomic E-state index is -0.328. The van der Waals surface area contributed by atoms with Gasteiger partial charge in [-0.15, -0.1) is 0 Å². The van der Waals surface area contributed by atoms with Gasteiger partial charge in [0.15, 0.2) is 5.82 Å². The number of anilines is 2. The number of carbonyl (C=O) groups excluding carboxylic acids is 1. The summed E-state index contributed by atoms with van der Waals surface area (Å²) in [5, 5.41) is 12.8. The Morgan fingerprint density at radius 2 is 2.11 bits per heavy atom. The van der Waals surface area contributed by atoms with Gasteiger partial charge in [-0.25, -0.2) is 4.79 Å². The molecule has 1 amide bonds. The third-order valence-electron chi connectivity index (χ3n) is 4.55. The van der Waals surface area contributed by atoms with Crippen LogP contribution in [-0.4, -0.2) is 32.4 Å². The van der Waals surface area contributed by atoms with Crippen molar-refractivity contribution >= 4 is 29.3 Å². The fraction of sp³-hybridized carbons (Fsp3) is 0.632. The van der Waals surface area contributed by atoms with Crippen LogP contribution in [0, 0.1) is 0 Å². The Morgan fingerprint density at radius 3 is 2.74 bits per heavy atom. The zero-order valence-corrected chi connectivity index (χ0v) is 17.5. The summed E-state index contributed by atoms with van der Waals surface area (Å²) >= 11 is 1.41. The van der Waals surface area contributed by atoms with Crippen molar-refractivity contribution in [1.82, 2.24) is 19.5 Å². The highest BCUT2D eigenvalue weighted by Gasteiger charge is 2.33. The molecule has 2 heterocycles. The molecule has 0 radical (unpaired) electrons. The van der Waals surface area contributed by atoms with Crippen molar-refractivity contribution in [3.8, 4) is 0 Å². The van der Waals surface area contributed by atoms with Gasteiger partial charge in [-0.05, 0) is 71.5 Å². The lowest BCUT2D eigenvalue weighted by Gasteiger charge is -2.24. The van der Waals surface area contributed by atoms with Crippen molar-refractivity contribution in [1.29, 1.82) is 0 Å². The Morgan fingerprint density at radius 1 is 1.33 bits per heavy atom. The molecule has 1 saturated carbocycles. The van der Waals surface area contributed by atoms with Crippen LogP contribution >= 0.6 is 11.5 Å². The van der Waals surface area contributed by atoms with Gasteiger partial charge in [-0.1, -0.05) is 0 Å². The maximum atomic E-state index is 11.9. The number of hydrogen-bond donors (Lipinski definition) is 2. The van der Waals surface area contributed by atoms with E-state index in [9.17, 15) is 4.79 Å². The molecule has 0 aliphatic heterocycles. The fourth-order valence-electron chi connectivity index (χ4n) is 3.43. The number of nitrogens with zero attached hydrogens (tertiary/aromatic N) is 3. The zero-order chi connectivity index (χ0) is 19.6. The summed E-state index contributed by atoms with van der Waals surface area (Å²) in [5.41, 5.74) is 1.04. The normalized spacial score (nSPS) is 20.1. The van der Waals surface area contributed by atoms with E-state index in [1.807, 2.05) is 25.3 Å². The van der Waals surface area contributed by atoms with Crippen molar-refractivity contribution in [3.05, 3.63) is 23.2 Å². The summed E-state index contributed by atoms with van der Waals surface area (Å²) in [6.45, 7) is 10.3. The Bertz CT molecular complexity index is 764. The summed E-state index contributed by atoms with van der Waals surface area (Å²) in [6.07, 6.45) is 2.30. The lowest BCUT2D eigenvalue weighted by Crippen LogP contribution is -2.33. The first kappa shape index (κ1) is 19.7. The maximum absolute atomic E-state index is 11.9. The zero-order valence-electron chi connectivity index (χ0n) is 16.7. The van der Waals surface area contributed by atoms with Gasteiger partial charge in [0.1, 0.15) is 11.9 Å². The van der Waals surface area contributed by atoms with Crippen LogP contribution in [0.2, 0.25) is 0 Å². The number of carbonyl (C=O) groups is 1. The number of ether oxygens (including phenoxy) is 1. The van der Waals surface area contributed by atoms with Crippen molar-refractivity contribution in [3.63, 3.8) is 0 Å². The molecule has 0 saturated heterocycles. The minimum absolute atomic E-state index is 0.0491. The van der Waals surface area contributed by atoms with Crippen LogP contribution in [-0.2, 0) is 10.3 Å². The molecule has 0 aromatic carbocycles. The molecule has 3 rings (SSSR count). The largest absolute Gasteiger partial charge is 0.446 e. The van der Waals surface area contributed by atoms with E-state index in [4.69, 9.17) is 9.84 Å². The van der Waals surface area contributed by atoms with Crippen LogP contribution in [0.4, 0.5) is 16.4 Å². The number of aromatic nitrogens is 3. The monoisotopic (exact) mass is 391 g/mol. The van der Waals surface area contributed by atoms with Gasteiger partial charge in [0.2, 0.25) is 0 Å². The van der Waals surface area contributed by atoms with E-state index in [2.05, 4.69) is 46.5 Å². The van der Waals surface area contributed by atoms with Gasteiger partial charge in [0.25, 0.3) is 0 Å². The lowest BCUT2D eigenvalue weighted by atomic mass is 10.0. The van der Waals surface area contributed by atoms with E-state index in [-0.39, 0.29) is 23.8 Å². The van der Waals surface area contributed by atoms with E-state index in [0.29, 0.717) is 5.92 Å². The molecule has 148 valence electrons. The Hall–Kier alpha value is -2.09. The van der Waals surface area contributed by atoms with E-state index in [1.54, 1.807) is 0 Å². The third-order valence-corrected chi connectivity index (χ3v) is 5.11. The van der Waals surface area contributed by atoms with Gasteiger partial charge < -0.3 is 15.4 Å². The second-order valence-electron chi connectivity index (χ2n) is 8.38. The standard InChI is InChI=1S/C19H29N5O2S/c1-12(2)20-18(25)26-14-7-6-13(10-14)15-11-17(21-16-8-9-27-23-16)22-24(15)19(3,4)5/h8-9,11-14H,6-7,10H2,1-5H3,(H,20,25)(H,21,22,23). The summed E-state index contributed by atoms with van der Waals surface area (Å²) in [4.78, 5) is 11.9. The molecule has 7 nitrogen and oxygen atoms in total. The average molecular weight is 392 g/mol. The summed E-state index contributed by atoms with van der Waals surface area (Å²) in [6, 6.07) is 4.12.